The Morgan fingerprint density at radius 3 is 2.28 bits per heavy atom. The molecule has 5 rings (SSSR count). The van der Waals surface area contributed by atoms with Gasteiger partial charge < -0.3 is 24.8 Å². The predicted molar refractivity (Wildman–Crippen MR) is 137 cm³/mol. The number of hydrogen-bond acceptors (Lipinski definition) is 6. The molecule has 0 amide bonds. The Kier molecular flexibility index (Phi) is 6.22. The van der Waals surface area contributed by atoms with Gasteiger partial charge in [-0.2, -0.15) is 0 Å². The topological polar surface area (TPSA) is 96.2 Å². The molecule has 1 saturated heterocycles. The molecule has 1 heterocycles. The van der Waals surface area contributed by atoms with E-state index in [4.69, 9.17) is 9.47 Å². The molecule has 36 heavy (non-hydrogen) atoms. The molecule has 4 aliphatic carbocycles. The Morgan fingerprint density at radius 1 is 0.972 bits per heavy atom. The molecule has 6 heteroatoms. The summed E-state index contributed by atoms with van der Waals surface area (Å²) in [4.78, 5) is 13.6. The van der Waals surface area contributed by atoms with Crippen LogP contribution in [0.3, 0.4) is 0 Å². The Hall–Kier alpha value is -0.790. The molecule has 0 bridgehead atoms. The second-order valence-corrected chi connectivity index (χ2v) is 14.6. The molecule has 0 spiro atoms. The zero-order chi connectivity index (χ0) is 26.5. The molecule has 6 unspecified atom stereocenters. The second-order valence-electron chi connectivity index (χ2n) is 14.6. The van der Waals surface area contributed by atoms with E-state index in [0.717, 1.165) is 38.5 Å². The third-order valence-corrected chi connectivity index (χ3v) is 11.2. The fraction of sp³-hybridized carbons (Fsp3) is 0.900. The van der Waals surface area contributed by atoms with Crippen molar-refractivity contribution in [2.24, 2.45) is 34.5 Å². The normalized spacial score (nSPS) is 46.2. The van der Waals surface area contributed by atoms with Crippen molar-refractivity contribution in [2.45, 2.75) is 135 Å². The van der Waals surface area contributed by atoms with Crippen LogP contribution in [-0.2, 0) is 14.3 Å². The monoisotopic (exact) mass is 504 g/mol. The smallest absolute Gasteiger partial charge is 0.163 e. The summed E-state index contributed by atoms with van der Waals surface area (Å²) in [6.07, 6.45) is 7.21. The Balaban J connectivity index is 1.40. The van der Waals surface area contributed by atoms with Gasteiger partial charge in [-0.05, 0) is 121 Å². The predicted octanol–water partition coefficient (Wildman–Crippen LogP) is 4.54. The van der Waals surface area contributed by atoms with Crippen molar-refractivity contribution in [3.05, 3.63) is 11.6 Å². The number of aliphatic hydroxyl groups is 3. The van der Waals surface area contributed by atoms with Gasteiger partial charge in [-0.3, -0.25) is 4.79 Å². The zero-order valence-electron chi connectivity index (χ0n) is 23.3. The summed E-state index contributed by atoms with van der Waals surface area (Å²) in [5, 5.41) is 32.9. The third-order valence-electron chi connectivity index (χ3n) is 11.2. The van der Waals surface area contributed by atoms with Gasteiger partial charge in [0, 0.05) is 5.92 Å². The van der Waals surface area contributed by atoms with E-state index in [1.807, 2.05) is 19.9 Å². The minimum Gasteiger partial charge on any atom is -0.390 e. The van der Waals surface area contributed by atoms with Gasteiger partial charge in [-0.1, -0.05) is 19.4 Å². The van der Waals surface area contributed by atoms with Gasteiger partial charge >= 0.3 is 0 Å². The van der Waals surface area contributed by atoms with E-state index in [1.165, 1.54) is 5.57 Å². The van der Waals surface area contributed by atoms with Gasteiger partial charge in [-0.25, -0.2) is 0 Å². The van der Waals surface area contributed by atoms with Crippen molar-refractivity contribution in [3.63, 3.8) is 0 Å². The molecule has 0 aromatic rings. The van der Waals surface area contributed by atoms with E-state index in [2.05, 4.69) is 13.8 Å². The molecule has 6 nitrogen and oxygen atoms in total. The number of carbonyl (C=O) groups is 1. The molecular weight excluding hydrogens is 456 g/mol. The molecular formula is C30H48O6. The SMILES string of the molecule is CC(C)(O)CC[C@@H](O)[C@](C)(O)C1CCC2C3=CC(=O)C4C[C@H]5OC(C)(C)O[C@H]5CC4(C)C3CCC21C. The number of fused-ring (bicyclic) bond motifs is 6. The molecule has 0 aromatic heterocycles. The van der Waals surface area contributed by atoms with Crippen LogP contribution in [0.2, 0.25) is 0 Å². The van der Waals surface area contributed by atoms with Crippen molar-refractivity contribution in [2.75, 3.05) is 0 Å². The minimum atomic E-state index is -1.24. The number of ether oxygens (including phenoxy) is 2. The van der Waals surface area contributed by atoms with Crippen molar-refractivity contribution < 1.29 is 29.6 Å². The van der Waals surface area contributed by atoms with Crippen LogP contribution in [0.4, 0.5) is 0 Å². The molecule has 5 aliphatic rings. The summed E-state index contributed by atoms with van der Waals surface area (Å²) in [5.74, 6) is 0.136. The first-order valence-electron chi connectivity index (χ1n) is 14.2. The van der Waals surface area contributed by atoms with Gasteiger partial charge in [0.1, 0.15) is 0 Å². The summed E-state index contributed by atoms with van der Waals surface area (Å²) in [6.45, 7) is 13.8. The lowest BCUT2D eigenvalue weighted by molar-refractivity contribution is -0.147. The molecule has 3 N–H and O–H groups in total. The van der Waals surface area contributed by atoms with E-state index >= 15 is 0 Å². The van der Waals surface area contributed by atoms with Crippen LogP contribution >= 0.6 is 0 Å². The fourth-order valence-corrected chi connectivity index (χ4v) is 9.33. The number of carbonyl (C=O) groups excluding carboxylic acids is 1. The summed E-state index contributed by atoms with van der Waals surface area (Å²) < 4.78 is 12.5. The fourth-order valence-electron chi connectivity index (χ4n) is 9.33. The Bertz CT molecular complexity index is 930. The van der Waals surface area contributed by atoms with Gasteiger partial charge in [0.25, 0.3) is 0 Å². The first kappa shape index (κ1) is 26.8. The van der Waals surface area contributed by atoms with E-state index in [-0.39, 0.29) is 46.6 Å². The maximum absolute atomic E-state index is 13.6. The van der Waals surface area contributed by atoms with Crippen LogP contribution in [0.1, 0.15) is 99.8 Å². The van der Waals surface area contributed by atoms with Crippen LogP contribution in [0.5, 0.6) is 0 Å². The highest BCUT2D eigenvalue weighted by atomic mass is 16.7. The zero-order valence-corrected chi connectivity index (χ0v) is 23.3. The van der Waals surface area contributed by atoms with Gasteiger partial charge in [0.05, 0.1) is 29.5 Å². The summed E-state index contributed by atoms with van der Waals surface area (Å²) >= 11 is 0. The highest BCUT2D eigenvalue weighted by Crippen LogP contribution is 2.67. The largest absolute Gasteiger partial charge is 0.390 e. The van der Waals surface area contributed by atoms with Crippen molar-refractivity contribution in [1.29, 1.82) is 0 Å². The molecule has 10 atom stereocenters. The van der Waals surface area contributed by atoms with E-state index in [1.54, 1.807) is 20.8 Å². The third kappa shape index (κ3) is 4.14. The number of ketones is 1. The van der Waals surface area contributed by atoms with Gasteiger partial charge in [0.2, 0.25) is 0 Å². The number of hydrogen-bond donors (Lipinski definition) is 3. The quantitative estimate of drug-likeness (QED) is 0.509. The molecule has 3 saturated carbocycles. The highest BCUT2D eigenvalue weighted by Gasteiger charge is 2.64. The molecule has 1 aliphatic heterocycles. The molecule has 0 aromatic carbocycles. The van der Waals surface area contributed by atoms with Gasteiger partial charge in [0.15, 0.2) is 11.6 Å². The van der Waals surface area contributed by atoms with Crippen molar-refractivity contribution >= 4 is 5.78 Å². The van der Waals surface area contributed by atoms with Crippen LogP contribution < -0.4 is 0 Å². The van der Waals surface area contributed by atoms with Gasteiger partial charge in [-0.15, -0.1) is 0 Å². The number of aliphatic hydroxyl groups excluding tert-OH is 1. The average Bonchev–Trinajstić information content (AvgIpc) is 3.25. The number of allylic oxidation sites excluding steroid dienone is 2. The van der Waals surface area contributed by atoms with Crippen molar-refractivity contribution in [3.8, 4) is 0 Å². The lowest BCUT2D eigenvalue weighted by atomic mass is 9.47. The highest BCUT2D eigenvalue weighted by molar-refractivity contribution is 5.94. The van der Waals surface area contributed by atoms with Crippen LogP contribution in [0.25, 0.3) is 0 Å². The maximum Gasteiger partial charge on any atom is 0.163 e. The first-order chi connectivity index (χ1) is 16.5. The van der Waals surface area contributed by atoms with Crippen molar-refractivity contribution in [1.82, 2.24) is 0 Å². The van der Waals surface area contributed by atoms with Crippen LogP contribution in [0, 0.1) is 34.5 Å². The summed E-state index contributed by atoms with van der Waals surface area (Å²) in [5.41, 5.74) is -1.14. The number of rotatable bonds is 5. The van der Waals surface area contributed by atoms with E-state index in [0.29, 0.717) is 18.8 Å². The lowest BCUT2D eigenvalue weighted by Gasteiger charge is -2.58. The lowest BCUT2D eigenvalue weighted by Crippen LogP contribution is -2.57. The van der Waals surface area contributed by atoms with Crippen LogP contribution in [0.15, 0.2) is 11.6 Å². The molecule has 204 valence electrons. The summed E-state index contributed by atoms with van der Waals surface area (Å²) in [6, 6.07) is 0. The van der Waals surface area contributed by atoms with E-state index < -0.39 is 23.1 Å². The molecule has 0 radical (unpaired) electrons. The molecule has 4 fully saturated rings. The minimum absolute atomic E-state index is 0.0119. The second kappa shape index (κ2) is 8.35. The summed E-state index contributed by atoms with van der Waals surface area (Å²) in [7, 11) is 0. The Labute approximate surface area is 216 Å². The standard InChI is InChI=1S/C30H48O6/c1-26(2,33)12-11-25(32)30(7,34)24-9-8-18-17-14-21(31)20-15-22-23(36-27(3,4)35-22)16-29(20,6)19(17)10-13-28(18,24)5/h14,18-20,22-25,32-34H,8-13,15-16H2,1-7H3/t18?,19?,20?,22-,23+,24?,25-,28?,29?,30-/m1/s1. The van der Waals surface area contributed by atoms with Crippen LogP contribution in [-0.4, -0.2) is 56.4 Å². The Morgan fingerprint density at radius 2 is 1.61 bits per heavy atom. The maximum atomic E-state index is 13.6. The first-order valence-corrected chi connectivity index (χ1v) is 14.2. The van der Waals surface area contributed by atoms with E-state index in [9.17, 15) is 20.1 Å². The average molecular weight is 505 g/mol.